The first-order valence-electron chi connectivity index (χ1n) is 9.53. The summed E-state index contributed by atoms with van der Waals surface area (Å²) >= 11 is 0. The van der Waals surface area contributed by atoms with Crippen molar-refractivity contribution in [2.24, 2.45) is 0 Å². The molecule has 0 aliphatic rings. The number of hydrogen-bond acceptors (Lipinski definition) is 4. The number of carbonyl (C=O) groups is 1. The predicted molar refractivity (Wildman–Crippen MR) is 111 cm³/mol. The molecule has 1 N–H and O–H groups in total. The summed E-state index contributed by atoms with van der Waals surface area (Å²) < 4.78 is 5.20. The highest BCUT2D eigenvalue weighted by Gasteiger charge is 2.12. The molecule has 28 heavy (non-hydrogen) atoms. The number of aromatic nitrogens is 2. The topological polar surface area (TPSA) is 64.1 Å². The molecule has 3 aromatic rings. The molecule has 0 atom stereocenters. The molecule has 5 heteroatoms. The molecule has 0 aliphatic carbocycles. The number of aryl methyl sites for hydroxylation is 2. The number of ether oxygens (including phenoxy) is 1. The summed E-state index contributed by atoms with van der Waals surface area (Å²) in [6.07, 6.45) is 4.50. The Morgan fingerprint density at radius 2 is 1.79 bits per heavy atom. The van der Waals surface area contributed by atoms with Crippen LogP contribution in [0, 0.1) is 0 Å². The Morgan fingerprint density at radius 1 is 1.04 bits per heavy atom. The van der Waals surface area contributed by atoms with Gasteiger partial charge in [-0.1, -0.05) is 43.7 Å². The maximum atomic E-state index is 12.4. The molecule has 0 bridgehead atoms. The van der Waals surface area contributed by atoms with Crippen LogP contribution in [0.15, 0.2) is 60.8 Å². The molecule has 0 radical (unpaired) electrons. The highest BCUT2D eigenvalue weighted by Crippen LogP contribution is 2.23. The van der Waals surface area contributed by atoms with Gasteiger partial charge in [-0.15, -0.1) is 0 Å². The Labute approximate surface area is 165 Å². The third kappa shape index (κ3) is 5.16. The van der Waals surface area contributed by atoms with Crippen LogP contribution in [0.1, 0.15) is 31.0 Å². The third-order valence-electron chi connectivity index (χ3n) is 4.46. The van der Waals surface area contributed by atoms with Gasteiger partial charge in [-0.2, -0.15) is 0 Å². The molecule has 1 aromatic heterocycles. The molecule has 0 spiro atoms. The molecule has 0 fully saturated rings. The number of carbonyl (C=O) groups excluding carboxylic acids is 1. The van der Waals surface area contributed by atoms with Crippen molar-refractivity contribution in [2.45, 2.75) is 32.6 Å². The maximum absolute atomic E-state index is 12.4. The van der Waals surface area contributed by atoms with Crippen LogP contribution in [0.4, 0.5) is 5.82 Å². The van der Waals surface area contributed by atoms with Gasteiger partial charge >= 0.3 is 0 Å². The fourth-order valence-corrected chi connectivity index (χ4v) is 2.94. The van der Waals surface area contributed by atoms with Crippen molar-refractivity contribution in [1.29, 1.82) is 0 Å². The summed E-state index contributed by atoms with van der Waals surface area (Å²) in [6.45, 7) is 2.09. The van der Waals surface area contributed by atoms with E-state index in [1.807, 2.05) is 54.6 Å². The van der Waals surface area contributed by atoms with E-state index in [-0.39, 0.29) is 5.91 Å². The molecular formula is C23H25N3O2. The van der Waals surface area contributed by atoms with Crippen LogP contribution >= 0.6 is 0 Å². The summed E-state index contributed by atoms with van der Waals surface area (Å²) in [5, 5.41) is 2.93. The first-order valence-corrected chi connectivity index (χ1v) is 9.53. The Hall–Kier alpha value is -3.21. The molecule has 144 valence electrons. The van der Waals surface area contributed by atoms with Crippen LogP contribution in [0.3, 0.4) is 0 Å². The maximum Gasteiger partial charge on any atom is 0.225 e. The number of anilines is 1. The molecule has 3 rings (SSSR count). The molecule has 0 saturated carbocycles. The lowest BCUT2D eigenvalue weighted by Gasteiger charge is -2.11. The second-order valence-electron chi connectivity index (χ2n) is 6.56. The molecule has 0 unspecified atom stereocenters. The van der Waals surface area contributed by atoms with Gasteiger partial charge in [-0.25, -0.2) is 9.97 Å². The van der Waals surface area contributed by atoms with Crippen molar-refractivity contribution in [3.63, 3.8) is 0 Å². The average Bonchev–Trinajstić information content (AvgIpc) is 2.74. The summed E-state index contributed by atoms with van der Waals surface area (Å²) in [5.74, 6) is 1.30. The van der Waals surface area contributed by atoms with Crippen molar-refractivity contribution in [3.05, 3.63) is 72.1 Å². The van der Waals surface area contributed by atoms with Gasteiger partial charge in [0.2, 0.25) is 5.91 Å². The van der Waals surface area contributed by atoms with Crippen LogP contribution in [0.5, 0.6) is 5.75 Å². The molecule has 1 amide bonds. The van der Waals surface area contributed by atoms with Gasteiger partial charge in [-0.05, 0) is 42.7 Å². The summed E-state index contributed by atoms with van der Waals surface area (Å²) in [7, 11) is 1.64. The lowest BCUT2D eigenvalue weighted by atomic mass is 10.1. The minimum atomic E-state index is -0.0484. The Balaban J connectivity index is 1.72. The van der Waals surface area contributed by atoms with Gasteiger partial charge in [0.15, 0.2) is 5.82 Å². The third-order valence-corrected chi connectivity index (χ3v) is 4.46. The van der Waals surface area contributed by atoms with Gasteiger partial charge in [-0.3, -0.25) is 4.79 Å². The van der Waals surface area contributed by atoms with Crippen molar-refractivity contribution >= 4 is 11.7 Å². The molecule has 0 aliphatic heterocycles. The number of hydrogen-bond donors (Lipinski definition) is 1. The first kappa shape index (κ1) is 19.5. The van der Waals surface area contributed by atoms with E-state index in [1.165, 1.54) is 0 Å². The van der Waals surface area contributed by atoms with Crippen molar-refractivity contribution in [1.82, 2.24) is 9.97 Å². The smallest absolute Gasteiger partial charge is 0.225 e. The lowest BCUT2D eigenvalue weighted by molar-refractivity contribution is -0.116. The standard InChI is InChI=1S/C23H25N3O2/c1-3-7-20-23(26-22(27)15-10-17-8-5-4-6-9-17)24-16-21(25-20)18-11-13-19(28-2)14-12-18/h4-6,8-9,11-14,16H,3,7,10,15H2,1-2H3,(H,24,26,27). The lowest BCUT2D eigenvalue weighted by Crippen LogP contribution is -2.16. The van der Waals surface area contributed by atoms with Crippen LogP contribution in [0.2, 0.25) is 0 Å². The number of amides is 1. The zero-order valence-electron chi connectivity index (χ0n) is 16.3. The molecule has 0 saturated heterocycles. The van der Waals surface area contributed by atoms with E-state index in [4.69, 9.17) is 9.72 Å². The largest absolute Gasteiger partial charge is 0.497 e. The minimum absolute atomic E-state index is 0.0484. The molecular weight excluding hydrogens is 350 g/mol. The summed E-state index contributed by atoms with van der Waals surface area (Å²) in [4.78, 5) is 21.6. The first-order chi connectivity index (χ1) is 13.7. The van der Waals surface area contributed by atoms with Gasteiger partial charge < -0.3 is 10.1 Å². The van der Waals surface area contributed by atoms with Gasteiger partial charge in [0.05, 0.1) is 24.7 Å². The van der Waals surface area contributed by atoms with Crippen LogP contribution in [-0.2, 0) is 17.6 Å². The molecule has 1 heterocycles. The van der Waals surface area contributed by atoms with E-state index in [0.717, 1.165) is 41.1 Å². The van der Waals surface area contributed by atoms with Gasteiger partial charge in [0.25, 0.3) is 0 Å². The second-order valence-corrected chi connectivity index (χ2v) is 6.56. The van der Waals surface area contributed by atoms with Crippen molar-refractivity contribution in [3.8, 4) is 17.0 Å². The number of methoxy groups -OCH3 is 1. The highest BCUT2D eigenvalue weighted by molar-refractivity contribution is 5.90. The van der Waals surface area contributed by atoms with E-state index < -0.39 is 0 Å². The zero-order valence-corrected chi connectivity index (χ0v) is 16.3. The van der Waals surface area contributed by atoms with Crippen LogP contribution in [-0.4, -0.2) is 23.0 Å². The predicted octanol–water partition coefficient (Wildman–Crippen LogP) is 4.68. The number of rotatable bonds is 8. The van der Waals surface area contributed by atoms with Crippen LogP contribution in [0.25, 0.3) is 11.3 Å². The second kappa shape index (κ2) is 9.65. The van der Waals surface area contributed by atoms with Gasteiger partial charge in [0.1, 0.15) is 5.75 Å². The van der Waals surface area contributed by atoms with E-state index in [9.17, 15) is 4.79 Å². The Bertz CT molecular complexity index is 909. The van der Waals surface area contributed by atoms with Crippen molar-refractivity contribution < 1.29 is 9.53 Å². The van der Waals surface area contributed by atoms with Crippen LogP contribution < -0.4 is 10.1 Å². The zero-order chi connectivity index (χ0) is 19.8. The monoisotopic (exact) mass is 375 g/mol. The summed E-state index contributed by atoms with van der Waals surface area (Å²) in [6, 6.07) is 17.7. The molecule has 5 nitrogen and oxygen atoms in total. The van der Waals surface area contributed by atoms with E-state index in [0.29, 0.717) is 18.7 Å². The average molecular weight is 375 g/mol. The quantitative estimate of drug-likeness (QED) is 0.621. The SMILES string of the molecule is CCCc1nc(-c2ccc(OC)cc2)cnc1NC(=O)CCc1ccccc1. The van der Waals surface area contributed by atoms with Gasteiger partial charge in [0, 0.05) is 12.0 Å². The normalized spacial score (nSPS) is 10.5. The van der Waals surface area contributed by atoms with E-state index in [2.05, 4.69) is 17.2 Å². The number of nitrogens with one attached hydrogen (secondary N) is 1. The summed E-state index contributed by atoms with van der Waals surface area (Å²) in [5.41, 5.74) is 3.71. The van der Waals surface area contributed by atoms with Crippen molar-refractivity contribution in [2.75, 3.05) is 12.4 Å². The fourth-order valence-electron chi connectivity index (χ4n) is 2.94. The fraction of sp³-hybridized carbons (Fsp3) is 0.261. The van der Waals surface area contributed by atoms with E-state index in [1.54, 1.807) is 13.3 Å². The number of nitrogens with zero attached hydrogens (tertiary/aromatic N) is 2. The Kier molecular flexibility index (Phi) is 6.73. The highest BCUT2D eigenvalue weighted by atomic mass is 16.5. The van der Waals surface area contributed by atoms with E-state index >= 15 is 0 Å². The number of benzene rings is 2. The Morgan fingerprint density at radius 3 is 2.46 bits per heavy atom. The minimum Gasteiger partial charge on any atom is -0.497 e. The molecule has 2 aromatic carbocycles.